The van der Waals surface area contributed by atoms with Crippen molar-refractivity contribution in [2.75, 3.05) is 13.2 Å². The Morgan fingerprint density at radius 3 is 2.79 bits per heavy atom. The van der Waals surface area contributed by atoms with Crippen LogP contribution >= 0.6 is 0 Å². The minimum Gasteiger partial charge on any atom is -0.481 e. The van der Waals surface area contributed by atoms with Gasteiger partial charge in [-0.05, 0) is 31.6 Å². The summed E-state index contributed by atoms with van der Waals surface area (Å²) in [6.45, 7) is 2.87. The normalized spacial score (nSPS) is 23.0. The van der Waals surface area contributed by atoms with E-state index < -0.39 is 5.97 Å². The van der Waals surface area contributed by atoms with Gasteiger partial charge < -0.3 is 15.2 Å². The van der Waals surface area contributed by atoms with Gasteiger partial charge in [0.1, 0.15) is 6.61 Å². The van der Waals surface area contributed by atoms with Crippen LogP contribution < -0.4 is 5.32 Å². The van der Waals surface area contributed by atoms with Gasteiger partial charge in [0.2, 0.25) is 5.91 Å². The minimum atomic E-state index is -0.791. The number of hydrogen-bond donors (Lipinski definition) is 2. The number of carboxylic acid groups (broad SMARTS) is 1. The molecule has 19 heavy (non-hydrogen) atoms. The van der Waals surface area contributed by atoms with Crippen LogP contribution in [-0.2, 0) is 14.3 Å². The lowest BCUT2D eigenvalue weighted by molar-refractivity contribution is -0.137. The van der Waals surface area contributed by atoms with Gasteiger partial charge in [0.25, 0.3) is 0 Å². The number of rotatable bonds is 8. The van der Waals surface area contributed by atoms with Gasteiger partial charge in [-0.15, -0.1) is 0 Å². The summed E-state index contributed by atoms with van der Waals surface area (Å²) in [5.74, 6) is -0.201. The van der Waals surface area contributed by atoms with E-state index in [1.165, 1.54) is 12.8 Å². The Balaban J connectivity index is 2.00. The Morgan fingerprint density at radius 2 is 2.11 bits per heavy atom. The second-order valence-corrected chi connectivity index (χ2v) is 5.41. The van der Waals surface area contributed by atoms with Crippen molar-refractivity contribution < 1.29 is 19.4 Å². The summed E-state index contributed by atoms with van der Waals surface area (Å²) < 4.78 is 5.60. The van der Waals surface area contributed by atoms with Crippen molar-refractivity contribution in [3.8, 4) is 0 Å². The highest BCUT2D eigenvalue weighted by molar-refractivity contribution is 5.77. The van der Waals surface area contributed by atoms with Gasteiger partial charge in [0.05, 0.1) is 6.10 Å². The molecule has 5 nitrogen and oxygen atoms in total. The number of nitrogens with one attached hydrogen (secondary N) is 1. The third-order valence-electron chi connectivity index (χ3n) is 3.48. The van der Waals surface area contributed by atoms with E-state index in [4.69, 9.17) is 9.84 Å². The molecule has 0 unspecified atom stereocenters. The lowest BCUT2D eigenvalue weighted by atomic mass is 9.89. The molecule has 0 aromatic heterocycles. The second kappa shape index (κ2) is 8.91. The van der Waals surface area contributed by atoms with Crippen molar-refractivity contribution >= 4 is 11.9 Å². The number of carbonyl (C=O) groups is 2. The molecule has 0 aliphatic heterocycles. The predicted octanol–water partition coefficient (Wildman–Crippen LogP) is 1.95. The quantitative estimate of drug-likeness (QED) is 0.662. The van der Waals surface area contributed by atoms with E-state index in [9.17, 15) is 9.59 Å². The van der Waals surface area contributed by atoms with Crippen LogP contribution in [0.3, 0.4) is 0 Å². The molecule has 0 saturated heterocycles. The van der Waals surface area contributed by atoms with E-state index in [2.05, 4.69) is 12.2 Å². The molecule has 0 aromatic rings. The summed E-state index contributed by atoms with van der Waals surface area (Å²) in [7, 11) is 0. The first-order valence-corrected chi connectivity index (χ1v) is 7.18. The average molecular weight is 271 g/mol. The third-order valence-corrected chi connectivity index (χ3v) is 3.48. The average Bonchev–Trinajstić information content (AvgIpc) is 2.35. The molecular weight excluding hydrogens is 246 g/mol. The van der Waals surface area contributed by atoms with Gasteiger partial charge in [-0.3, -0.25) is 9.59 Å². The van der Waals surface area contributed by atoms with Crippen LogP contribution in [0.5, 0.6) is 0 Å². The predicted molar refractivity (Wildman–Crippen MR) is 71.9 cm³/mol. The fourth-order valence-electron chi connectivity index (χ4n) is 2.40. The van der Waals surface area contributed by atoms with Crippen LogP contribution in [0.1, 0.15) is 51.9 Å². The zero-order valence-corrected chi connectivity index (χ0v) is 11.7. The molecule has 0 bridgehead atoms. The maximum Gasteiger partial charge on any atom is 0.303 e. The minimum absolute atomic E-state index is 0.103. The molecule has 1 aliphatic rings. The van der Waals surface area contributed by atoms with Crippen LogP contribution in [0.15, 0.2) is 0 Å². The Bertz CT molecular complexity index is 293. The highest BCUT2D eigenvalue weighted by Crippen LogP contribution is 2.25. The molecule has 1 fully saturated rings. The molecule has 5 heteroatoms. The standard InChI is InChI=1S/C14H25NO4/c1-11-5-4-6-12(9-11)19-10-13(16)15-8-3-2-7-14(17)18/h11-12H,2-10H2,1H3,(H,15,16)(H,17,18)/t11-,12-/m0/s1. The molecule has 1 amide bonds. The molecule has 110 valence electrons. The Labute approximate surface area is 114 Å². The van der Waals surface area contributed by atoms with Crippen molar-refractivity contribution in [2.45, 2.75) is 58.0 Å². The third kappa shape index (κ3) is 7.82. The Hall–Kier alpha value is -1.10. The fourth-order valence-corrected chi connectivity index (χ4v) is 2.40. The van der Waals surface area contributed by atoms with E-state index in [1.807, 2.05) is 0 Å². The van der Waals surface area contributed by atoms with Crippen molar-refractivity contribution in [3.05, 3.63) is 0 Å². The summed E-state index contributed by atoms with van der Waals surface area (Å²) >= 11 is 0. The number of aliphatic carboxylic acids is 1. The fraction of sp³-hybridized carbons (Fsp3) is 0.857. The van der Waals surface area contributed by atoms with Crippen molar-refractivity contribution in [2.24, 2.45) is 5.92 Å². The maximum absolute atomic E-state index is 11.5. The maximum atomic E-state index is 11.5. The van der Waals surface area contributed by atoms with Gasteiger partial charge in [0.15, 0.2) is 0 Å². The highest BCUT2D eigenvalue weighted by atomic mass is 16.5. The van der Waals surface area contributed by atoms with E-state index in [0.717, 1.165) is 12.8 Å². The molecule has 0 spiro atoms. The highest BCUT2D eigenvalue weighted by Gasteiger charge is 2.19. The number of carbonyl (C=O) groups excluding carboxylic acids is 1. The molecule has 2 N–H and O–H groups in total. The van der Waals surface area contributed by atoms with Crippen LogP contribution in [-0.4, -0.2) is 36.2 Å². The van der Waals surface area contributed by atoms with Gasteiger partial charge in [-0.2, -0.15) is 0 Å². The zero-order valence-electron chi connectivity index (χ0n) is 11.7. The molecule has 0 radical (unpaired) electrons. The van der Waals surface area contributed by atoms with Gasteiger partial charge in [-0.1, -0.05) is 19.8 Å². The Morgan fingerprint density at radius 1 is 1.32 bits per heavy atom. The molecule has 1 rings (SSSR count). The number of carboxylic acids is 1. The summed E-state index contributed by atoms with van der Waals surface area (Å²) in [5, 5.41) is 11.2. The largest absolute Gasteiger partial charge is 0.481 e. The van der Waals surface area contributed by atoms with E-state index >= 15 is 0 Å². The summed E-state index contributed by atoms with van der Waals surface area (Å²) in [4.78, 5) is 21.8. The van der Waals surface area contributed by atoms with Crippen molar-refractivity contribution in [1.82, 2.24) is 5.32 Å². The summed E-state index contributed by atoms with van der Waals surface area (Å²) in [5.41, 5.74) is 0. The summed E-state index contributed by atoms with van der Waals surface area (Å²) in [6, 6.07) is 0. The molecule has 1 aliphatic carbocycles. The van der Waals surface area contributed by atoms with Gasteiger partial charge >= 0.3 is 5.97 Å². The number of ether oxygens (including phenoxy) is 1. The van der Waals surface area contributed by atoms with Crippen molar-refractivity contribution in [3.63, 3.8) is 0 Å². The topological polar surface area (TPSA) is 75.6 Å². The molecule has 1 saturated carbocycles. The molecule has 0 heterocycles. The smallest absolute Gasteiger partial charge is 0.303 e. The SMILES string of the molecule is C[C@H]1CCC[C@H](OCC(=O)NCCCCC(=O)O)C1. The molecular formula is C14H25NO4. The first-order valence-electron chi connectivity index (χ1n) is 7.18. The van der Waals surface area contributed by atoms with Crippen LogP contribution in [0.2, 0.25) is 0 Å². The number of hydrogen-bond acceptors (Lipinski definition) is 3. The molecule has 2 atom stereocenters. The lowest BCUT2D eigenvalue weighted by Crippen LogP contribution is -2.32. The summed E-state index contributed by atoms with van der Waals surface area (Å²) in [6.07, 6.45) is 6.21. The zero-order chi connectivity index (χ0) is 14.1. The Kier molecular flexibility index (Phi) is 7.48. The van der Waals surface area contributed by atoms with Gasteiger partial charge in [-0.25, -0.2) is 0 Å². The number of unbranched alkanes of at least 4 members (excludes halogenated alkanes) is 1. The first kappa shape index (κ1) is 16.0. The monoisotopic (exact) mass is 271 g/mol. The molecule has 0 aromatic carbocycles. The van der Waals surface area contributed by atoms with E-state index in [-0.39, 0.29) is 25.0 Å². The van der Waals surface area contributed by atoms with Crippen LogP contribution in [0, 0.1) is 5.92 Å². The second-order valence-electron chi connectivity index (χ2n) is 5.41. The van der Waals surface area contributed by atoms with Crippen LogP contribution in [0.4, 0.5) is 0 Å². The lowest BCUT2D eigenvalue weighted by Gasteiger charge is -2.26. The van der Waals surface area contributed by atoms with E-state index in [1.54, 1.807) is 0 Å². The van der Waals surface area contributed by atoms with Crippen LogP contribution in [0.25, 0.3) is 0 Å². The first-order chi connectivity index (χ1) is 9.08. The van der Waals surface area contributed by atoms with Gasteiger partial charge in [0, 0.05) is 13.0 Å². The van der Waals surface area contributed by atoms with E-state index in [0.29, 0.717) is 25.3 Å². The van der Waals surface area contributed by atoms with Crippen molar-refractivity contribution in [1.29, 1.82) is 0 Å². The number of amides is 1.